The van der Waals surface area contributed by atoms with Gasteiger partial charge in [0.1, 0.15) is 0 Å². The molecule has 0 amide bonds. The lowest BCUT2D eigenvalue weighted by Crippen LogP contribution is -2.37. The summed E-state index contributed by atoms with van der Waals surface area (Å²) in [7, 11) is -3.41. The zero-order chi connectivity index (χ0) is 12.3. The lowest BCUT2D eigenvalue weighted by atomic mass is 9.78. The van der Waals surface area contributed by atoms with E-state index in [1.165, 1.54) is 0 Å². The highest BCUT2D eigenvalue weighted by molar-refractivity contribution is 7.86. The lowest BCUT2D eigenvalue weighted by Gasteiger charge is -2.35. The van der Waals surface area contributed by atoms with Crippen LogP contribution in [-0.4, -0.2) is 26.8 Å². The van der Waals surface area contributed by atoms with E-state index >= 15 is 0 Å². The highest BCUT2D eigenvalue weighted by Gasteiger charge is 2.34. The third-order valence-corrected chi connectivity index (χ3v) is 3.60. The topological polar surface area (TPSA) is 92.1 Å². The minimum Gasteiger partial charge on any atom is -0.267 e. The van der Waals surface area contributed by atoms with E-state index in [0.717, 1.165) is 6.26 Å². The standard InChI is InChI=1S/C9H17N3O3S/c1-6-5-9(15-16(3,13)14)7(2)4-8(6)11-12-10/h6-9H,4-5H2,1-3H3/t6-,7-,8+,9-/m0/s1. The van der Waals surface area contributed by atoms with Gasteiger partial charge in [0.05, 0.1) is 12.4 Å². The van der Waals surface area contributed by atoms with Gasteiger partial charge in [-0.2, -0.15) is 8.42 Å². The van der Waals surface area contributed by atoms with Gasteiger partial charge in [-0.3, -0.25) is 4.18 Å². The summed E-state index contributed by atoms with van der Waals surface area (Å²) < 4.78 is 27.1. The normalized spacial score (nSPS) is 35.4. The van der Waals surface area contributed by atoms with Crippen molar-refractivity contribution < 1.29 is 12.6 Å². The Hall–Kier alpha value is -0.780. The smallest absolute Gasteiger partial charge is 0.264 e. The van der Waals surface area contributed by atoms with Crippen LogP contribution in [0.4, 0.5) is 0 Å². The summed E-state index contributed by atoms with van der Waals surface area (Å²) in [6.45, 7) is 3.87. The molecule has 0 N–H and O–H groups in total. The highest BCUT2D eigenvalue weighted by atomic mass is 32.2. The van der Waals surface area contributed by atoms with Crippen molar-refractivity contribution in [3.63, 3.8) is 0 Å². The van der Waals surface area contributed by atoms with Gasteiger partial charge in [0.2, 0.25) is 0 Å². The van der Waals surface area contributed by atoms with Crippen molar-refractivity contribution in [2.75, 3.05) is 6.26 Å². The Bertz CT molecular complexity index is 389. The fourth-order valence-corrected chi connectivity index (χ4v) is 2.82. The Balaban J connectivity index is 2.70. The minimum atomic E-state index is -3.41. The maximum Gasteiger partial charge on any atom is 0.264 e. The van der Waals surface area contributed by atoms with E-state index in [9.17, 15) is 8.42 Å². The van der Waals surface area contributed by atoms with Crippen molar-refractivity contribution in [1.82, 2.24) is 0 Å². The molecule has 0 radical (unpaired) electrons. The average molecular weight is 247 g/mol. The van der Waals surface area contributed by atoms with E-state index < -0.39 is 10.1 Å². The molecule has 0 bridgehead atoms. The Kier molecular flexibility index (Phi) is 4.18. The SMILES string of the molecule is C[C@H]1C[C@@H](N=[N+]=[N-])[C@@H](C)C[C@@H]1OS(C)(=O)=O. The lowest BCUT2D eigenvalue weighted by molar-refractivity contribution is 0.0749. The first-order valence-electron chi connectivity index (χ1n) is 5.26. The number of azide groups is 1. The predicted molar refractivity (Wildman–Crippen MR) is 60.2 cm³/mol. The zero-order valence-electron chi connectivity index (χ0n) is 9.70. The van der Waals surface area contributed by atoms with Gasteiger partial charge in [0.25, 0.3) is 10.1 Å². The fourth-order valence-electron chi connectivity index (χ4n) is 2.11. The van der Waals surface area contributed by atoms with Crippen LogP contribution in [-0.2, 0) is 14.3 Å². The van der Waals surface area contributed by atoms with E-state index in [0.29, 0.717) is 12.8 Å². The molecular weight excluding hydrogens is 230 g/mol. The fraction of sp³-hybridized carbons (Fsp3) is 1.00. The largest absolute Gasteiger partial charge is 0.267 e. The quantitative estimate of drug-likeness (QED) is 0.331. The highest BCUT2D eigenvalue weighted by Crippen LogP contribution is 2.33. The molecule has 16 heavy (non-hydrogen) atoms. The number of rotatable bonds is 3. The first-order chi connectivity index (χ1) is 7.33. The summed E-state index contributed by atoms with van der Waals surface area (Å²) in [5.41, 5.74) is 8.41. The summed E-state index contributed by atoms with van der Waals surface area (Å²) in [6, 6.07) is -0.0561. The van der Waals surface area contributed by atoms with Crippen molar-refractivity contribution in [1.29, 1.82) is 0 Å². The molecule has 0 aliphatic heterocycles. The summed E-state index contributed by atoms with van der Waals surface area (Å²) >= 11 is 0. The predicted octanol–water partition coefficient (Wildman–Crippen LogP) is 2.08. The molecule has 0 aromatic carbocycles. The van der Waals surface area contributed by atoms with Crippen molar-refractivity contribution in [2.45, 2.75) is 38.8 Å². The Morgan fingerprint density at radius 3 is 2.44 bits per heavy atom. The van der Waals surface area contributed by atoms with E-state index in [2.05, 4.69) is 10.0 Å². The van der Waals surface area contributed by atoms with Crippen molar-refractivity contribution in [3.05, 3.63) is 10.4 Å². The molecule has 0 saturated heterocycles. The summed E-state index contributed by atoms with van der Waals surface area (Å²) in [6.07, 6.45) is 2.04. The molecule has 6 nitrogen and oxygen atoms in total. The van der Waals surface area contributed by atoms with Gasteiger partial charge in [-0.05, 0) is 30.2 Å². The molecular formula is C9H17N3O3S. The minimum absolute atomic E-state index is 0.0561. The van der Waals surface area contributed by atoms with Crippen LogP contribution < -0.4 is 0 Å². The zero-order valence-corrected chi connectivity index (χ0v) is 10.5. The van der Waals surface area contributed by atoms with Gasteiger partial charge in [0, 0.05) is 11.0 Å². The second-order valence-electron chi connectivity index (χ2n) is 4.54. The first kappa shape index (κ1) is 13.3. The Morgan fingerprint density at radius 1 is 1.31 bits per heavy atom. The van der Waals surface area contributed by atoms with Gasteiger partial charge in [-0.1, -0.05) is 19.0 Å². The molecule has 7 heteroatoms. The van der Waals surface area contributed by atoms with E-state index in [1.807, 2.05) is 13.8 Å². The van der Waals surface area contributed by atoms with Crippen LogP contribution in [0.25, 0.3) is 10.4 Å². The molecule has 0 aromatic rings. The molecule has 1 saturated carbocycles. The van der Waals surface area contributed by atoms with Crippen molar-refractivity contribution >= 4 is 10.1 Å². The molecule has 92 valence electrons. The Morgan fingerprint density at radius 2 is 1.94 bits per heavy atom. The van der Waals surface area contributed by atoms with Crippen LogP contribution in [0, 0.1) is 11.8 Å². The maximum absolute atomic E-state index is 11.1. The van der Waals surface area contributed by atoms with Gasteiger partial charge >= 0.3 is 0 Å². The van der Waals surface area contributed by atoms with Crippen molar-refractivity contribution in [2.24, 2.45) is 17.0 Å². The van der Waals surface area contributed by atoms with Gasteiger partial charge in [-0.15, -0.1) is 0 Å². The molecule has 0 aromatic heterocycles. The van der Waals surface area contributed by atoms with Gasteiger partial charge < -0.3 is 0 Å². The van der Waals surface area contributed by atoms with E-state index in [4.69, 9.17) is 9.71 Å². The summed E-state index contributed by atoms with van der Waals surface area (Å²) in [4.78, 5) is 2.81. The van der Waals surface area contributed by atoms with Crippen molar-refractivity contribution in [3.8, 4) is 0 Å². The molecule has 0 spiro atoms. The average Bonchev–Trinajstić information content (AvgIpc) is 2.11. The molecule has 1 fully saturated rings. The number of hydrogen-bond donors (Lipinski definition) is 0. The van der Waals surface area contributed by atoms with Crippen LogP contribution in [0.5, 0.6) is 0 Å². The number of nitrogens with zero attached hydrogens (tertiary/aromatic N) is 3. The summed E-state index contributed by atoms with van der Waals surface area (Å²) in [5, 5.41) is 3.72. The third-order valence-electron chi connectivity index (χ3n) is 3.01. The van der Waals surface area contributed by atoms with Gasteiger partial charge in [-0.25, -0.2) is 0 Å². The second-order valence-corrected chi connectivity index (χ2v) is 6.14. The molecule has 1 rings (SSSR count). The third kappa shape index (κ3) is 3.66. The monoisotopic (exact) mass is 247 g/mol. The maximum atomic E-state index is 11.1. The molecule has 1 aliphatic rings. The molecule has 1 aliphatic carbocycles. The van der Waals surface area contributed by atoms with E-state index in [-0.39, 0.29) is 24.0 Å². The van der Waals surface area contributed by atoms with Crippen LogP contribution in [0.1, 0.15) is 26.7 Å². The van der Waals surface area contributed by atoms with Crippen LogP contribution >= 0.6 is 0 Å². The summed E-state index contributed by atoms with van der Waals surface area (Å²) in [5.74, 6) is 0.236. The molecule has 4 atom stereocenters. The second kappa shape index (κ2) is 5.03. The van der Waals surface area contributed by atoms with E-state index in [1.54, 1.807) is 0 Å². The van der Waals surface area contributed by atoms with Gasteiger partial charge in [0.15, 0.2) is 0 Å². The molecule has 0 heterocycles. The Labute approximate surface area is 95.7 Å². The first-order valence-corrected chi connectivity index (χ1v) is 7.07. The van der Waals surface area contributed by atoms with Crippen LogP contribution in [0.3, 0.4) is 0 Å². The van der Waals surface area contributed by atoms with Crippen LogP contribution in [0.15, 0.2) is 5.11 Å². The van der Waals surface area contributed by atoms with Crippen LogP contribution in [0.2, 0.25) is 0 Å². The number of hydrogen-bond acceptors (Lipinski definition) is 4. The molecule has 0 unspecified atom stereocenters.